The quantitative estimate of drug-likeness (QED) is 0.408. The Kier molecular flexibility index (Phi) is 8.35. The molecule has 11 heteroatoms. The highest BCUT2D eigenvalue weighted by Crippen LogP contribution is 2.34. The van der Waals surface area contributed by atoms with E-state index in [1.165, 1.54) is 43.8 Å². The number of aromatic nitrogens is 2. The van der Waals surface area contributed by atoms with Crippen LogP contribution in [0.2, 0.25) is 0 Å². The molecule has 1 aliphatic rings. The molecular formula is C27H29FN4O5S. The van der Waals surface area contributed by atoms with Gasteiger partial charge in [0.25, 0.3) is 5.91 Å². The molecular weight excluding hydrogens is 511 g/mol. The van der Waals surface area contributed by atoms with Gasteiger partial charge >= 0.3 is 5.97 Å². The molecule has 1 aliphatic heterocycles. The number of anilines is 1. The third-order valence-electron chi connectivity index (χ3n) is 6.57. The Labute approximate surface area is 221 Å². The first-order chi connectivity index (χ1) is 18.2. The molecule has 3 aromatic rings. The van der Waals surface area contributed by atoms with Gasteiger partial charge in [0, 0.05) is 18.9 Å². The number of nitrogens with zero attached hydrogens (tertiary/aromatic N) is 3. The number of hydrogen-bond donors (Lipinski definition) is 1. The average molecular weight is 541 g/mol. The van der Waals surface area contributed by atoms with Crippen LogP contribution in [-0.4, -0.2) is 49.7 Å². The van der Waals surface area contributed by atoms with Crippen molar-refractivity contribution in [3.8, 4) is 0 Å². The standard InChI is InChI=1S/C27H29FN4O5S/c1-3-38(35,36)22-11-9-18(10-12-22)23(15-25(33)37-2)31-26(34)20-16-29-27(30-17-20)32-13-5-8-24(32)19-6-4-7-21(28)14-19/h4,6-7,9-12,14,16-17,23-24H,3,5,8,13,15H2,1-2H3,(H,31,34)/t23-,24?/m0/s1. The molecule has 1 saturated heterocycles. The molecule has 1 N–H and O–H groups in total. The van der Waals surface area contributed by atoms with Gasteiger partial charge in [-0.15, -0.1) is 0 Å². The van der Waals surface area contributed by atoms with Gasteiger partial charge in [0.05, 0.1) is 41.8 Å². The lowest BCUT2D eigenvalue weighted by molar-refractivity contribution is -0.141. The van der Waals surface area contributed by atoms with E-state index in [-0.39, 0.29) is 34.5 Å². The molecule has 1 aromatic heterocycles. The van der Waals surface area contributed by atoms with E-state index in [1.807, 2.05) is 11.0 Å². The third-order valence-corrected chi connectivity index (χ3v) is 8.32. The van der Waals surface area contributed by atoms with E-state index in [0.717, 1.165) is 18.4 Å². The summed E-state index contributed by atoms with van der Waals surface area (Å²) in [4.78, 5) is 36.0. The van der Waals surface area contributed by atoms with Crippen LogP contribution in [0.3, 0.4) is 0 Å². The van der Waals surface area contributed by atoms with E-state index < -0.39 is 27.8 Å². The molecule has 4 rings (SSSR count). The van der Waals surface area contributed by atoms with Crippen molar-refractivity contribution in [2.75, 3.05) is 24.3 Å². The number of carbonyl (C=O) groups is 2. The summed E-state index contributed by atoms with van der Waals surface area (Å²) in [6.07, 6.45) is 4.41. The maximum atomic E-state index is 13.8. The maximum absolute atomic E-state index is 13.8. The lowest BCUT2D eigenvalue weighted by Gasteiger charge is -2.25. The smallest absolute Gasteiger partial charge is 0.307 e. The topological polar surface area (TPSA) is 119 Å². The first kappa shape index (κ1) is 27.2. The molecule has 1 fully saturated rings. The fraction of sp³-hybridized carbons (Fsp3) is 0.333. The molecule has 1 amide bonds. The van der Waals surface area contributed by atoms with Gasteiger partial charge in [-0.2, -0.15) is 0 Å². The van der Waals surface area contributed by atoms with Gasteiger partial charge in [0.1, 0.15) is 5.82 Å². The van der Waals surface area contributed by atoms with Crippen molar-refractivity contribution in [2.45, 2.75) is 43.2 Å². The summed E-state index contributed by atoms with van der Waals surface area (Å²) in [6.45, 7) is 2.26. The monoisotopic (exact) mass is 540 g/mol. The van der Waals surface area contributed by atoms with E-state index in [2.05, 4.69) is 15.3 Å². The SMILES string of the molecule is CCS(=O)(=O)c1ccc([C@H](CC(=O)OC)NC(=O)c2cnc(N3CCCC3c3cccc(F)c3)nc2)cc1. The molecule has 0 radical (unpaired) electrons. The van der Waals surface area contributed by atoms with Crippen molar-refractivity contribution >= 4 is 27.7 Å². The second-order valence-electron chi connectivity index (χ2n) is 8.96. The minimum atomic E-state index is -3.39. The zero-order valence-corrected chi connectivity index (χ0v) is 21.9. The molecule has 200 valence electrons. The van der Waals surface area contributed by atoms with Gasteiger partial charge < -0.3 is 15.0 Å². The van der Waals surface area contributed by atoms with Crippen LogP contribution in [0, 0.1) is 5.82 Å². The van der Waals surface area contributed by atoms with Crippen LogP contribution in [0.1, 0.15) is 59.8 Å². The van der Waals surface area contributed by atoms with Crippen LogP contribution < -0.4 is 10.2 Å². The van der Waals surface area contributed by atoms with Gasteiger partial charge in [-0.05, 0) is 48.2 Å². The van der Waals surface area contributed by atoms with Crippen LogP contribution in [0.5, 0.6) is 0 Å². The highest BCUT2D eigenvalue weighted by molar-refractivity contribution is 7.91. The van der Waals surface area contributed by atoms with Crippen molar-refractivity contribution in [2.24, 2.45) is 0 Å². The number of nitrogens with one attached hydrogen (secondary N) is 1. The lowest BCUT2D eigenvalue weighted by Crippen LogP contribution is -2.31. The number of sulfone groups is 1. The van der Waals surface area contributed by atoms with Crippen molar-refractivity contribution in [3.63, 3.8) is 0 Å². The molecule has 1 unspecified atom stereocenters. The molecule has 38 heavy (non-hydrogen) atoms. The Bertz CT molecular complexity index is 1400. The summed E-state index contributed by atoms with van der Waals surface area (Å²) in [5.74, 6) is -0.939. The number of hydrogen-bond acceptors (Lipinski definition) is 8. The highest BCUT2D eigenvalue weighted by atomic mass is 32.2. The summed E-state index contributed by atoms with van der Waals surface area (Å²) in [5.41, 5.74) is 1.58. The number of carbonyl (C=O) groups excluding carboxylic acids is 2. The van der Waals surface area contributed by atoms with Gasteiger partial charge in [0.2, 0.25) is 5.95 Å². The molecule has 2 aromatic carbocycles. The molecule has 0 spiro atoms. The summed E-state index contributed by atoms with van der Waals surface area (Å²) < 4.78 is 42.8. The molecule has 0 bridgehead atoms. The van der Waals surface area contributed by atoms with E-state index >= 15 is 0 Å². The van der Waals surface area contributed by atoms with E-state index in [9.17, 15) is 22.4 Å². The van der Waals surface area contributed by atoms with Crippen LogP contribution in [-0.2, 0) is 19.4 Å². The fourth-order valence-corrected chi connectivity index (χ4v) is 5.36. The fourth-order valence-electron chi connectivity index (χ4n) is 4.47. The predicted octanol–water partition coefficient (Wildman–Crippen LogP) is 3.79. The van der Waals surface area contributed by atoms with Crippen molar-refractivity contribution < 1.29 is 27.1 Å². The second-order valence-corrected chi connectivity index (χ2v) is 11.2. The summed E-state index contributed by atoms with van der Waals surface area (Å²) in [7, 11) is -2.14. The lowest BCUT2D eigenvalue weighted by atomic mass is 10.0. The highest BCUT2D eigenvalue weighted by Gasteiger charge is 2.29. The van der Waals surface area contributed by atoms with Crippen LogP contribution in [0.15, 0.2) is 65.8 Å². The summed E-state index contributed by atoms with van der Waals surface area (Å²) in [5, 5.41) is 2.79. The van der Waals surface area contributed by atoms with Crippen molar-refractivity contribution in [1.29, 1.82) is 0 Å². The Hall–Kier alpha value is -3.86. The number of esters is 1. The zero-order chi connectivity index (χ0) is 27.3. The number of methoxy groups -OCH3 is 1. The number of rotatable bonds is 9. The first-order valence-electron chi connectivity index (χ1n) is 12.3. The first-order valence-corrected chi connectivity index (χ1v) is 13.9. The number of halogens is 1. The minimum absolute atomic E-state index is 0.0366. The minimum Gasteiger partial charge on any atom is -0.469 e. The van der Waals surface area contributed by atoms with Gasteiger partial charge in [0.15, 0.2) is 9.84 Å². The predicted molar refractivity (Wildman–Crippen MR) is 139 cm³/mol. The van der Waals surface area contributed by atoms with Gasteiger partial charge in [-0.3, -0.25) is 9.59 Å². The maximum Gasteiger partial charge on any atom is 0.307 e. The Morgan fingerprint density at radius 2 is 1.87 bits per heavy atom. The summed E-state index contributed by atoms with van der Waals surface area (Å²) >= 11 is 0. The van der Waals surface area contributed by atoms with E-state index in [4.69, 9.17) is 4.74 Å². The molecule has 9 nitrogen and oxygen atoms in total. The number of amides is 1. The van der Waals surface area contributed by atoms with Crippen molar-refractivity contribution in [1.82, 2.24) is 15.3 Å². The van der Waals surface area contributed by atoms with Crippen molar-refractivity contribution in [3.05, 3.63) is 83.4 Å². The second kappa shape index (κ2) is 11.7. The largest absolute Gasteiger partial charge is 0.469 e. The molecule has 2 atom stereocenters. The Morgan fingerprint density at radius 3 is 2.50 bits per heavy atom. The van der Waals surface area contributed by atoms with E-state index in [0.29, 0.717) is 18.1 Å². The Balaban J connectivity index is 1.51. The zero-order valence-electron chi connectivity index (χ0n) is 21.1. The molecule has 2 heterocycles. The number of benzene rings is 2. The average Bonchev–Trinajstić information content (AvgIpc) is 3.43. The number of ether oxygens (including phenoxy) is 1. The normalized spacial score (nSPS) is 16.2. The van der Waals surface area contributed by atoms with Gasteiger partial charge in [-0.1, -0.05) is 31.2 Å². The Morgan fingerprint density at radius 1 is 1.16 bits per heavy atom. The summed E-state index contributed by atoms with van der Waals surface area (Å²) in [6, 6.07) is 11.7. The van der Waals surface area contributed by atoms with Crippen LogP contribution in [0.4, 0.5) is 10.3 Å². The third kappa shape index (κ3) is 6.16. The van der Waals surface area contributed by atoms with E-state index in [1.54, 1.807) is 25.1 Å². The molecule has 0 saturated carbocycles. The van der Waals surface area contributed by atoms with Gasteiger partial charge in [-0.25, -0.2) is 22.8 Å². The van der Waals surface area contributed by atoms with Crippen LogP contribution in [0.25, 0.3) is 0 Å². The molecule has 0 aliphatic carbocycles. The van der Waals surface area contributed by atoms with Crippen LogP contribution >= 0.6 is 0 Å².